The maximum Gasteiger partial charge on any atom is 0.417 e. The minimum atomic E-state index is -0.674. The van der Waals surface area contributed by atoms with Gasteiger partial charge in [0.1, 0.15) is 10.9 Å². The Morgan fingerprint density at radius 3 is 2.36 bits per heavy atom. The van der Waals surface area contributed by atoms with Crippen LogP contribution in [0, 0.1) is 6.92 Å². The number of nitrogens with two attached hydrogens (primary N) is 1. The highest BCUT2D eigenvalue weighted by Gasteiger charge is 2.11. The molecular formula is C23H17Cl2N5O3. The molecule has 2 amide bonds. The Bertz CT molecular complexity index is 1380. The summed E-state index contributed by atoms with van der Waals surface area (Å²) in [4.78, 5) is 32.9. The van der Waals surface area contributed by atoms with Crippen LogP contribution < -0.4 is 21.1 Å². The quantitative estimate of drug-likeness (QED) is 0.322. The Hall–Kier alpha value is -3.88. The number of fused-ring (bicyclic) bond motifs is 1. The number of hydrogen-bond donors (Lipinski definition) is 3. The second-order valence-electron chi connectivity index (χ2n) is 7.07. The summed E-state index contributed by atoms with van der Waals surface area (Å²) in [6.45, 7) is 1.86. The van der Waals surface area contributed by atoms with Crippen LogP contribution in [0.4, 0.5) is 21.9 Å². The third-order valence-electron chi connectivity index (χ3n) is 4.60. The number of nitrogen functional groups attached to an aromatic ring is 1. The van der Waals surface area contributed by atoms with Gasteiger partial charge in [-0.1, -0.05) is 23.2 Å². The summed E-state index contributed by atoms with van der Waals surface area (Å²) >= 11 is 11.7. The van der Waals surface area contributed by atoms with Crippen molar-refractivity contribution < 1.29 is 14.3 Å². The first-order valence-corrected chi connectivity index (χ1v) is 10.4. The van der Waals surface area contributed by atoms with Crippen molar-refractivity contribution in [2.24, 2.45) is 0 Å². The molecule has 33 heavy (non-hydrogen) atoms. The molecule has 0 saturated carbocycles. The lowest BCUT2D eigenvalue weighted by Crippen LogP contribution is -2.17. The Morgan fingerprint density at radius 1 is 0.970 bits per heavy atom. The smallest absolute Gasteiger partial charge is 0.410 e. The van der Waals surface area contributed by atoms with E-state index in [1.54, 1.807) is 48.5 Å². The fraction of sp³-hybridized carbons (Fsp3) is 0.0435. The second kappa shape index (κ2) is 9.32. The molecular weight excluding hydrogens is 465 g/mol. The first-order chi connectivity index (χ1) is 15.8. The number of ether oxygens (including phenoxy) is 1. The highest BCUT2D eigenvalue weighted by Crippen LogP contribution is 2.26. The number of carbonyl (C=O) groups excluding carboxylic acids is 2. The number of halogens is 2. The van der Waals surface area contributed by atoms with E-state index in [-0.39, 0.29) is 15.7 Å². The lowest BCUT2D eigenvalue weighted by Gasteiger charge is -2.10. The van der Waals surface area contributed by atoms with Gasteiger partial charge in [0.2, 0.25) is 0 Å². The zero-order valence-electron chi connectivity index (χ0n) is 17.2. The number of hydrogen-bond acceptors (Lipinski definition) is 6. The van der Waals surface area contributed by atoms with E-state index in [0.29, 0.717) is 28.2 Å². The molecule has 0 saturated heterocycles. The Morgan fingerprint density at radius 2 is 1.67 bits per heavy atom. The van der Waals surface area contributed by atoms with Gasteiger partial charge >= 0.3 is 6.09 Å². The van der Waals surface area contributed by atoms with Crippen molar-refractivity contribution in [3.8, 4) is 5.75 Å². The van der Waals surface area contributed by atoms with Crippen molar-refractivity contribution in [3.05, 3.63) is 82.2 Å². The summed E-state index contributed by atoms with van der Waals surface area (Å²) in [5, 5.41) is 6.33. The molecule has 2 heterocycles. The molecule has 2 aromatic carbocycles. The number of amides is 2. The monoisotopic (exact) mass is 481 g/mol. The third-order valence-corrected chi connectivity index (χ3v) is 5.28. The Balaban J connectivity index is 1.38. The predicted molar refractivity (Wildman–Crippen MR) is 129 cm³/mol. The van der Waals surface area contributed by atoms with Gasteiger partial charge in [-0.05, 0) is 61.5 Å². The topological polar surface area (TPSA) is 119 Å². The molecule has 2 aromatic heterocycles. The van der Waals surface area contributed by atoms with E-state index in [2.05, 4.69) is 20.6 Å². The van der Waals surface area contributed by atoms with Crippen LogP contribution in [0.15, 0.2) is 60.8 Å². The zero-order chi connectivity index (χ0) is 23.5. The van der Waals surface area contributed by atoms with Crippen LogP contribution >= 0.6 is 23.2 Å². The van der Waals surface area contributed by atoms with Crippen LogP contribution in [0.1, 0.15) is 16.1 Å². The number of nitrogens with zero attached hydrogens (tertiary/aromatic N) is 2. The number of carbonyl (C=O) groups is 2. The van der Waals surface area contributed by atoms with Crippen LogP contribution in [-0.4, -0.2) is 22.0 Å². The van der Waals surface area contributed by atoms with Crippen molar-refractivity contribution in [2.45, 2.75) is 6.92 Å². The van der Waals surface area contributed by atoms with Gasteiger partial charge in [-0.15, -0.1) is 0 Å². The second-order valence-corrected chi connectivity index (χ2v) is 7.84. The first-order valence-electron chi connectivity index (χ1n) is 9.66. The molecule has 4 N–H and O–H groups in total. The van der Waals surface area contributed by atoms with Crippen molar-refractivity contribution in [3.63, 3.8) is 0 Å². The minimum Gasteiger partial charge on any atom is -0.410 e. The summed E-state index contributed by atoms with van der Waals surface area (Å²) in [7, 11) is 0. The summed E-state index contributed by atoms with van der Waals surface area (Å²) in [6.07, 6.45) is 0.652. The molecule has 10 heteroatoms. The number of pyridine rings is 2. The zero-order valence-corrected chi connectivity index (χ0v) is 18.7. The molecule has 0 atom stereocenters. The standard InChI is InChI=1S/C23H17Cl2N5O3/c1-12-8-19(26)17-10-16(6-7-20(17)28-12)33-23(32)30-15-4-2-14(3-5-15)29-22(31)13-9-18(24)21(25)27-11-13/h2-11H,1H3,(H2,26,28)(H,29,31)(H,30,32). The molecule has 0 radical (unpaired) electrons. The van der Waals surface area contributed by atoms with Gasteiger partial charge in [0.15, 0.2) is 0 Å². The van der Waals surface area contributed by atoms with Gasteiger partial charge in [-0.2, -0.15) is 0 Å². The first kappa shape index (κ1) is 22.3. The highest BCUT2D eigenvalue weighted by molar-refractivity contribution is 6.41. The molecule has 4 aromatic rings. The molecule has 0 unspecified atom stereocenters. The fourth-order valence-electron chi connectivity index (χ4n) is 3.07. The predicted octanol–water partition coefficient (Wildman–Crippen LogP) is 5.69. The SMILES string of the molecule is Cc1cc(N)c2cc(OC(=O)Nc3ccc(NC(=O)c4cnc(Cl)c(Cl)c4)cc3)ccc2n1. The van der Waals surface area contributed by atoms with E-state index in [0.717, 1.165) is 11.2 Å². The summed E-state index contributed by atoms with van der Waals surface area (Å²) in [5.41, 5.74) is 9.36. The van der Waals surface area contributed by atoms with E-state index in [4.69, 9.17) is 33.7 Å². The van der Waals surface area contributed by atoms with E-state index in [9.17, 15) is 9.59 Å². The van der Waals surface area contributed by atoms with E-state index < -0.39 is 12.0 Å². The lowest BCUT2D eigenvalue weighted by molar-refractivity contribution is 0.102. The Kier molecular flexibility index (Phi) is 6.30. The lowest BCUT2D eigenvalue weighted by atomic mass is 10.1. The van der Waals surface area contributed by atoms with E-state index in [1.165, 1.54) is 12.3 Å². The summed E-state index contributed by atoms with van der Waals surface area (Å²) in [6, 6.07) is 14.7. The van der Waals surface area contributed by atoms with Crippen LogP contribution in [0.2, 0.25) is 10.2 Å². The van der Waals surface area contributed by atoms with Gasteiger partial charge in [0.05, 0.1) is 16.1 Å². The van der Waals surface area contributed by atoms with E-state index >= 15 is 0 Å². The van der Waals surface area contributed by atoms with Crippen molar-refractivity contribution in [2.75, 3.05) is 16.4 Å². The molecule has 0 bridgehead atoms. The van der Waals surface area contributed by atoms with Crippen LogP contribution in [-0.2, 0) is 0 Å². The molecule has 166 valence electrons. The minimum absolute atomic E-state index is 0.120. The molecule has 0 aliphatic rings. The Labute approximate surface area is 198 Å². The van der Waals surface area contributed by atoms with Crippen LogP contribution in [0.3, 0.4) is 0 Å². The van der Waals surface area contributed by atoms with E-state index in [1.807, 2.05) is 6.92 Å². The van der Waals surface area contributed by atoms with Gasteiger partial charge in [-0.25, -0.2) is 9.78 Å². The molecule has 0 aliphatic carbocycles. The highest BCUT2D eigenvalue weighted by atomic mass is 35.5. The van der Waals surface area contributed by atoms with Crippen LogP contribution in [0.5, 0.6) is 5.75 Å². The van der Waals surface area contributed by atoms with Crippen LogP contribution in [0.25, 0.3) is 10.9 Å². The number of aryl methyl sites for hydroxylation is 1. The molecule has 0 spiro atoms. The van der Waals surface area contributed by atoms with Gasteiger partial charge in [0, 0.05) is 34.3 Å². The maximum atomic E-state index is 12.3. The molecule has 0 fully saturated rings. The number of anilines is 3. The van der Waals surface area contributed by atoms with Crippen molar-refractivity contribution >= 4 is 63.2 Å². The fourth-order valence-corrected chi connectivity index (χ4v) is 3.34. The number of aromatic nitrogens is 2. The molecule has 0 aliphatic heterocycles. The van der Waals surface area contributed by atoms with Gasteiger partial charge < -0.3 is 15.8 Å². The number of benzene rings is 2. The average molecular weight is 482 g/mol. The van der Waals surface area contributed by atoms with Gasteiger partial charge in [0.25, 0.3) is 5.91 Å². The largest absolute Gasteiger partial charge is 0.417 e. The summed E-state index contributed by atoms with van der Waals surface area (Å²) in [5.74, 6) is -0.0714. The van der Waals surface area contributed by atoms with Gasteiger partial charge in [-0.3, -0.25) is 15.1 Å². The molecule has 8 nitrogen and oxygen atoms in total. The average Bonchev–Trinajstić information content (AvgIpc) is 2.77. The molecule has 4 rings (SSSR count). The van der Waals surface area contributed by atoms with Crippen molar-refractivity contribution in [1.29, 1.82) is 0 Å². The summed E-state index contributed by atoms with van der Waals surface area (Å²) < 4.78 is 5.35. The number of nitrogens with one attached hydrogen (secondary N) is 2. The number of rotatable bonds is 4. The normalized spacial score (nSPS) is 10.6. The third kappa shape index (κ3) is 5.31. The van der Waals surface area contributed by atoms with Crippen molar-refractivity contribution in [1.82, 2.24) is 9.97 Å². The maximum absolute atomic E-state index is 12.3.